The number of ether oxygens (including phenoxy) is 1. The van der Waals surface area contributed by atoms with E-state index in [1.807, 2.05) is 24.3 Å². The largest absolute Gasteiger partial charge is 0.480 e. The summed E-state index contributed by atoms with van der Waals surface area (Å²) in [7, 11) is 0. The molecular formula is C27H30N2O5S. The second-order valence-electron chi connectivity index (χ2n) is 9.67. The molecule has 1 saturated carbocycles. The molecule has 0 radical (unpaired) electrons. The number of hydrogen-bond donors (Lipinski definition) is 2. The van der Waals surface area contributed by atoms with Gasteiger partial charge in [-0.2, -0.15) is 0 Å². The zero-order chi connectivity index (χ0) is 24.4. The van der Waals surface area contributed by atoms with Crippen molar-refractivity contribution >= 4 is 29.7 Å². The van der Waals surface area contributed by atoms with Crippen molar-refractivity contribution in [1.82, 2.24) is 10.2 Å². The summed E-state index contributed by atoms with van der Waals surface area (Å²) in [4.78, 5) is 37.9. The van der Waals surface area contributed by atoms with Crippen LogP contribution < -0.4 is 5.32 Å². The first-order valence-electron chi connectivity index (χ1n) is 12.2. The molecule has 7 nitrogen and oxygen atoms in total. The molecule has 1 heterocycles. The Kier molecular flexibility index (Phi) is 7.00. The first-order chi connectivity index (χ1) is 17.0. The van der Waals surface area contributed by atoms with Crippen molar-refractivity contribution in [2.45, 2.75) is 37.6 Å². The molecule has 2 aromatic rings. The van der Waals surface area contributed by atoms with Crippen molar-refractivity contribution in [1.29, 1.82) is 0 Å². The van der Waals surface area contributed by atoms with Crippen LogP contribution in [0.15, 0.2) is 48.5 Å². The topological polar surface area (TPSA) is 95.9 Å². The van der Waals surface area contributed by atoms with Gasteiger partial charge in [-0.15, -0.1) is 11.8 Å². The average molecular weight is 495 g/mol. The number of hydrogen-bond acceptors (Lipinski definition) is 5. The Hall–Kier alpha value is -3.00. The number of carboxylic acid groups (broad SMARTS) is 1. The Morgan fingerprint density at radius 3 is 2.34 bits per heavy atom. The highest BCUT2D eigenvalue weighted by Gasteiger charge is 2.36. The van der Waals surface area contributed by atoms with Crippen LogP contribution in [0, 0.1) is 11.8 Å². The number of carbonyl (C=O) groups excluding carboxylic acids is 2. The van der Waals surface area contributed by atoms with Gasteiger partial charge in [-0.25, -0.2) is 9.59 Å². The first-order valence-corrected chi connectivity index (χ1v) is 13.4. The number of nitrogens with zero attached hydrogens (tertiary/aromatic N) is 1. The minimum Gasteiger partial charge on any atom is -0.480 e. The molecule has 3 atom stereocenters. The van der Waals surface area contributed by atoms with Crippen LogP contribution in [0.25, 0.3) is 11.1 Å². The number of benzene rings is 2. The lowest BCUT2D eigenvalue weighted by atomic mass is 9.98. The van der Waals surface area contributed by atoms with E-state index in [2.05, 4.69) is 29.6 Å². The minimum atomic E-state index is -0.931. The predicted molar refractivity (Wildman–Crippen MR) is 134 cm³/mol. The maximum absolute atomic E-state index is 12.6. The van der Waals surface area contributed by atoms with Gasteiger partial charge in [-0.3, -0.25) is 4.79 Å². The van der Waals surface area contributed by atoms with E-state index >= 15 is 0 Å². The summed E-state index contributed by atoms with van der Waals surface area (Å²) in [5, 5.41) is 12.2. The molecule has 2 fully saturated rings. The second kappa shape index (κ2) is 10.3. The highest BCUT2D eigenvalue weighted by atomic mass is 32.2. The Labute approximate surface area is 209 Å². The molecule has 0 aromatic heterocycles. The van der Waals surface area contributed by atoms with Crippen LogP contribution in [0.5, 0.6) is 0 Å². The molecule has 2 aliphatic carbocycles. The van der Waals surface area contributed by atoms with E-state index in [1.165, 1.54) is 38.9 Å². The molecule has 0 spiro atoms. The van der Waals surface area contributed by atoms with Gasteiger partial charge >= 0.3 is 12.1 Å². The van der Waals surface area contributed by atoms with Crippen LogP contribution in [-0.2, 0) is 14.3 Å². The summed E-state index contributed by atoms with van der Waals surface area (Å²) in [5.41, 5.74) is 4.77. The van der Waals surface area contributed by atoms with E-state index in [0.717, 1.165) is 19.3 Å². The highest BCUT2D eigenvalue weighted by molar-refractivity contribution is 7.99. The normalized spacial score (nSPS) is 23.1. The maximum Gasteiger partial charge on any atom is 0.407 e. The fourth-order valence-corrected chi connectivity index (χ4v) is 6.86. The number of nitrogens with one attached hydrogen (secondary N) is 1. The van der Waals surface area contributed by atoms with Crippen LogP contribution >= 0.6 is 11.8 Å². The van der Waals surface area contributed by atoms with Crippen molar-refractivity contribution in [3.63, 3.8) is 0 Å². The van der Waals surface area contributed by atoms with Crippen LogP contribution in [0.3, 0.4) is 0 Å². The molecule has 2 aromatic carbocycles. The molecule has 1 saturated heterocycles. The zero-order valence-corrected chi connectivity index (χ0v) is 20.3. The number of aliphatic carboxylic acids is 1. The van der Waals surface area contributed by atoms with Crippen molar-refractivity contribution in [3.8, 4) is 11.1 Å². The Morgan fingerprint density at radius 2 is 1.66 bits per heavy atom. The van der Waals surface area contributed by atoms with E-state index in [0.29, 0.717) is 37.1 Å². The van der Waals surface area contributed by atoms with Crippen molar-refractivity contribution in [2.24, 2.45) is 11.8 Å². The standard InChI is InChI=1S/C27H30N2O5S/c30-25(29-16-35-15-24(29)26(31)32)12-17-9-10-18(11-17)13-28-27(33)34-14-23-21-7-3-1-5-19(21)20-6-2-4-8-22(20)23/h1-8,17-18,23-24H,9-16H2,(H,28,33)(H,31,32). The van der Waals surface area contributed by atoms with Crippen LogP contribution in [0.4, 0.5) is 4.79 Å². The van der Waals surface area contributed by atoms with Crippen molar-refractivity contribution in [2.75, 3.05) is 24.8 Å². The van der Waals surface area contributed by atoms with Gasteiger partial charge in [0.05, 0.1) is 5.88 Å². The Morgan fingerprint density at radius 1 is 1.00 bits per heavy atom. The van der Waals surface area contributed by atoms with E-state index < -0.39 is 18.1 Å². The number of carboxylic acids is 1. The number of alkyl carbamates (subject to hydrolysis) is 1. The summed E-state index contributed by atoms with van der Waals surface area (Å²) >= 11 is 1.49. The summed E-state index contributed by atoms with van der Waals surface area (Å²) in [5.74, 6) is 0.479. The molecule has 2 amide bonds. The molecule has 8 heteroatoms. The first kappa shape index (κ1) is 23.7. The smallest absolute Gasteiger partial charge is 0.407 e. The molecule has 184 valence electrons. The monoisotopic (exact) mass is 494 g/mol. The third kappa shape index (κ3) is 5.03. The SMILES string of the molecule is O=C(NCC1CCC(CC(=O)N2CSCC2C(=O)O)C1)OCC1c2ccccc2-c2ccccc21. The average Bonchev–Trinajstić information content (AvgIpc) is 3.59. The van der Waals surface area contributed by atoms with Crippen LogP contribution in [0.2, 0.25) is 0 Å². The maximum atomic E-state index is 12.6. The number of amides is 2. The fraction of sp³-hybridized carbons (Fsp3) is 0.444. The number of fused-ring (bicyclic) bond motifs is 3. The third-order valence-electron chi connectivity index (χ3n) is 7.48. The zero-order valence-electron chi connectivity index (χ0n) is 19.5. The summed E-state index contributed by atoms with van der Waals surface area (Å²) in [6, 6.07) is 15.8. The molecule has 3 unspecified atom stereocenters. The molecule has 0 bridgehead atoms. The van der Waals surface area contributed by atoms with Gasteiger partial charge in [0.2, 0.25) is 5.91 Å². The second-order valence-corrected chi connectivity index (χ2v) is 10.7. The van der Waals surface area contributed by atoms with E-state index in [1.54, 1.807) is 0 Å². The molecule has 3 aliphatic rings. The molecule has 2 N–H and O–H groups in total. The fourth-order valence-electron chi connectivity index (χ4n) is 5.68. The summed E-state index contributed by atoms with van der Waals surface area (Å²) in [6.45, 7) is 0.818. The highest BCUT2D eigenvalue weighted by Crippen LogP contribution is 2.44. The van der Waals surface area contributed by atoms with Gasteiger partial charge in [0.25, 0.3) is 0 Å². The minimum absolute atomic E-state index is 0.0356. The number of rotatable bonds is 7. The quantitative estimate of drug-likeness (QED) is 0.595. The van der Waals surface area contributed by atoms with Crippen molar-refractivity contribution < 1.29 is 24.2 Å². The lowest BCUT2D eigenvalue weighted by Gasteiger charge is -2.22. The van der Waals surface area contributed by atoms with E-state index in [4.69, 9.17) is 4.74 Å². The lowest BCUT2D eigenvalue weighted by molar-refractivity contribution is -0.148. The van der Waals surface area contributed by atoms with Crippen LogP contribution in [0.1, 0.15) is 42.7 Å². The molecule has 5 rings (SSSR count). The number of carbonyl (C=O) groups is 3. The number of thioether (sulfide) groups is 1. The molecular weight excluding hydrogens is 464 g/mol. The van der Waals surface area contributed by atoms with Gasteiger partial charge in [0.15, 0.2) is 0 Å². The predicted octanol–water partition coefficient (Wildman–Crippen LogP) is 4.32. The molecule has 35 heavy (non-hydrogen) atoms. The Balaban J connectivity index is 1.08. The van der Waals surface area contributed by atoms with Gasteiger partial charge in [-0.05, 0) is 53.4 Å². The summed E-state index contributed by atoms with van der Waals surface area (Å²) in [6.07, 6.45) is 2.69. The Bertz CT molecular complexity index is 1080. The van der Waals surface area contributed by atoms with E-state index in [9.17, 15) is 19.5 Å². The third-order valence-corrected chi connectivity index (χ3v) is 8.49. The van der Waals surface area contributed by atoms with Crippen molar-refractivity contribution in [3.05, 3.63) is 59.7 Å². The van der Waals surface area contributed by atoms with Gasteiger partial charge < -0.3 is 20.1 Å². The lowest BCUT2D eigenvalue weighted by Crippen LogP contribution is -2.42. The van der Waals surface area contributed by atoms with E-state index in [-0.39, 0.29) is 17.7 Å². The van der Waals surface area contributed by atoms with Gasteiger partial charge in [-0.1, -0.05) is 48.5 Å². The van der Waals surface area contributed by atoms with Gasteiger partial charge in [0.1, 0.15) is 12.6 Å². The molecule has 1 aliphatic heterocycles. The van der Waals surface area contributed by atoms with Crippen LogP contribution in [-0.4, -0.2) is 58.8 Å². The van der Waals surface area contributed by atoms with Gasteiger partial charge in [0, 0.05) is 24.6 Å². The summed E-state index contributed by atoms with van der Waals surface area (Å²) < 4.78 is 5.62.